The Labute approximate surface area is 149 Å². The van der Waals surface area contributed by atoms with Crippen LogP contribution in [0.15, 0.2) is 36.4 Å². The van der Waals surface area contributed by atoms with Gasteiger partial charge in [0, 0.05) is 18.1 Å². The van der Waals surface area contributed by atoms with E-state index in [9.17, 15) is 14.9 Å². The van der Waals surface area contributed by atoms with Crippen LogP contribution in [0.5, 0.6) is 17.2 Å². The molecule has 0 saturated heterocycles. The van der Waals surface area contributed by atoms with E-state index in [1.54, 1.807) is 0 Å². The summed E-state index contributed by atoms with van der Waals surface area (Å²) < 4.78 is 15.8. The lowest BCUT2D eigenvalue weighted by Crippen LogP contribution is -2.32. The van der Waals surface area contributed by atoms with Crippen molar-refractivity contribution in [3.8, 4) is 17.2 Å². The molecule has 0 spiro atoms. The summed E-state index contributed by atoms with van der Waals surface area (Å²) >= 11 is 0. The number of nitrogens with one attached hydrogen (secondary N) is 1. The lowest BCUT2D eigenvalue weighted by molar-refractivity contribution is -0.385. The van der Waals surface area contributed by atoms with E-state index in [0.29, 0.717) is 18.8 Å². The summed E-state index contributed by atoms with van der Waals surface area (Å²) in [6.07, 6.45) is 0.573. The number of hydrogen-bond acceptors (Lipinski definition) is 6. The van der Waals surface area contributed by atoms with Gasteiger partial charge in [0.1, 0.15) is 11.3 Å². The van der Waals surface area contributed by atoms with Crippen molar-refractivity contribution in [2.24, 2.45) is 0 Å². The molecule has 0 unspecified atom stereocenters. The van der Waals surface area contributed by atoms with Crippen LogP contribution in [-0.2, 0) is 0 Å². The van der Waals surface area contributed by atoms with Crippen LogP contribution in [0.2, 0.25) is 0 Å². The molecule has 0 fully saturated rings. The fourth-order valence-electron chi connectivity index (χ4n) is 2.93. The van der Waals surface area contributed by atoms with Gasteiger partial charge in [-0.3, -0.25) is 14.9 Å². The van der Waals surface area contributed by atoms with Crippen molar-refractivity contribution < 1.29 is 23.9 Å². The Bertz CT molecular complexity index is 852. The van der Waals surface area contributed by atoms with E-state index in [4.69, 9.17) is 14.2 Å². The Balaban J connectivity index is 1.94. The van der Waals surface area contributed by atoms with Crippen LogP contribution in [-0.4, -0.2) is 31.7 Å². The van der Waals surface area contributed by atoms with E-state index in [1.165, 1.54) is 26.4 Å². The lowest BCUT2D eigenvalue weighted by Gasteiger charge is -2.26. The molecule has 1 aliphatic heterocycles. The van der Waals surface area contributed by atoms with Gasteiger partial charge in [-0.05, 0) is 6.07 Å². The van der Waals surface area contributed by atoms with Gasteiger partial charge >= 0.3 is 0 Å². The van der Waals surface area contributed by atoms with Gasteiger partial charge in [0.15, 0.2) is 11.5 Å². The molecule has 8 heteroatoms. The molecule has 8 nitrogen and oxygen atoms in total. The second-order valence-corrected chi connectivity index (χ2v) is 5.68. The highest BCUT2D eigenvalue weighted by Gasteiger charge is 2.28. The molecule has 0 aromatic heterocycles. The Morgan fingerprint density at radius 1 is 1.23 bits per heavy atom. The summed E-state index contributed by atoms with van der Waals surface area (Å²) in [6, 6.07) is 9.60. The predicted molar refractivity (Wildman–Crippen MR) is 93.0 cm³/mol. The van der Waals surface area contributed by atoms with Crippen LogP contribution in [0.3, 0.4) is 0 Å². The Morgan fingerprint density at radius 3 is 2.62 bits per heavy atom. The number of hydrogen-bond donors (Lipinski definition) is 1. The second-order valence-electron chi connectivity index (χ2n) is 5.68. The highest BCUT2D eigenvalue weighted by molar-refractivity contribution is 5.99. The molecule has 1 amide bonds. The van der Waals surface area contributed by atoms with E-state index in [1.807, 2.05) is 24.3 Å². The van der Waals surface area contributed by atoms with Crippen molar-refractivity contribution in [2.45, 2.75) is 12.5 Å². The quantitative estimate of drug-likeness (QED) is 0.652. The molecule has 2 aromatic carbocycles. The van der Waals surface area contributed by atoms with E-state index in [0.717, 1.165) is 5.56 Å². The Kier molecular flexibility index (Phi) is 4.92. The maximum Gasteiger partial charge on any atom is 0.286 e. The number of amides is 1. The molecule has 2 aromatic rings. The minimum absolute atomic E-state index is 0.0865. The van der Waals surface area contributed by atoms with Crippen molar-refractivity contribution in [3.05, 3.63) is 57.6 Å². The SMILES string of the molecule is COc1cc(C(=O)N[C@@H]2CCOc3ccccc32)c([N+](=O)[O-])cc1OC. The van der Waals surface area contributed by atoms with Crippen molar-refractivity contribution in [3.63, 3.8) is 0 Å². The number of methoxy groups -OCH3 is 2. The zero-order valence-electron chi connectivity index (χ0n) is 14.4. The van der Waals surface area contributed by atoms with Crippen LogP contribution in [0.4, 0.5) is 5.69 Å². The maximum atomic E-state index is 12.8. The van der Waals surface area contributed by atoms with Crippen molar-refractivity contribution >= 4 is 11.6 Å². The Morgan fingerprint density at radius 2 is 1.92 bits per heavy atom. The third-order valence-electron chi connectivity index (χ3n) is 4.21. The van der Waals surface area contributed by atoms with E-state index >= 15 is 0 Å². The number of carbonyl (C=O) groups excluding carboxylic acids is 1. The fourth-order valence-corrected chi connectivity index (χ4v) is 2.93. The van der Waals surface area contributed by atoms with Gasteiger partial charge in [0.05, 0.1) is 37.9 Å². The number of ether oxygens (including phenoxy) is 3. The predicted octanol–water partition coefficient (Wildman–Crippen LogP) is 2.87. The van der Waals surface area contributed by atoms with E-state index < -0.39 is 10.8 Å². The number of nitro groups is 1. The van der Waals surface area contributed by atoms with E-state index in [2.05, 4.69) is 5.32 Å². The Hall–Kier alpha value is -3.29. The van der Waals surface area contributed by atoms with Gasteiger partial charge < -0.3 is 19.5 Å². The summed E-state index contributed by atoms with van der Waals surface area (Å²) in [4.78, 5) is 23.5. The topological polar surface area (TPSA) is 99.9 Å². The summed E-state index contributed by atoms with van der Waals surface area (Å²) in [5, 5.41) is 14.2. The van der Waals surface area contributed by atoms with Crippen LogP contribution in [0.1, 0.15) is 28.4 Å². The lowest BCUT2D eigenvalue weighted by atomic mass is 10.00. The average Bonchev–Trinajstić information content (AvgIpc) is 2.67. The first-order valence-electron chi connectivity index (χ1n) is 7.98. The summed E-state index contributed by atoms with van der Waals surface area (Å²) in [7, 11) is 2.78. The summed E-state index contributed by atoms with van der Waals surface area (Å²) in [5.74, 6) is 0.577. The molecule has 26 heavy (non-hydrogen) atoms. The zero-order valence-corrected chi connectivity index (χ0v) is 14.4. The number of fused-ring (bicyclic) bond motifs is 1. The van der Waals surface area contributed by atoms with Gasteiger partial charge in [-0.15, -0.1) is 0 Å². The average molecular weight is 358 g/mol. The molecule has 136 valence electrons. The molecule has 0 bridgehead atoms. The monoisotopic (exact) mass is 358 g/mol. The van der Waals surface area contributed by atoms with E-state index in [-0.39, 0.29) is 28.8 Å². The smallest absolute Gasteiger partial charge is 0.286 e. The first kappa shape index (κ1) is 17.5. The number of para-hydroxylation sites is 1. The maximum absolute atomic E-state index is 12.8. The molecular weight excluding hydrogens is 340 g/mol. The summed E-state index contributed by atoms with van der Waals surface area (Å²) in [6.45, 7) is 0.454. The molecule has 0 radical (unpaired) electrons. The molecule has 0 saturated carbocycles. The molecule has 1 atom stereocenters. The summed E-state index contributed by atoms with van der Waals surface area (Å²) in [5.41, 5.74) is 0.410. The standard InChI is InChI=1S/C18H18N2O6/c1-24-16-9-12(14(20(22)23)10-17(16)25-2)18(21)19-13-7-8-26-15-6-4-3-5-11(13)15/h3-6,9-10,13H,7-8H2,1-2H3,(H,19,21)/t13-/m1/s1. The minimum Gasteiger partial charge on any atom is -0.493 e. The van der Waals surface area contributed by atoms with Gasteiger partial charge in [0.2, 0.25) is 0 Å². The molecule has 1 N–H and O–H groups in total. The van der Waals surface area contributed by atoms with Crippen molar-refractivity contribution in [2.75, 3.05) is 20.8 Å². The molecular formula is C18H18N2O6. The van der Waals surface area contributed by atoms with Crippen LogP contribution in [0, 0.1) is 10.1 Å². The largest absolute Gasteiger partial charge is 0.493 e. The van der Waals surface area contributed by atoms with Gasteiger partial charge in [-0.2, -0.15) is 0 Å². The highest BCUT2D eigenvalue weighted by Crippen LogP contribution is 2.36. The van der Waals surface area contributed by atoms with Gasteiger partial charge in [-0.1, -0.05) is 18.2 Å². The van der Waals surface area contributed by atoms with Crippen molar-refractivity contribution in [1.29, 1.82) is 0 Å². The number of nitro benzene ring substituents is 1. The first-order chi connectivity index (χ1) is 12.5. The molecule has 1 aliphatic rings. The minimum atomic E-state index is -0.616. The number of benzene rings is 2. The van der Waals surface area contributed by atoms with Gasteiger partial charge in [-0.25, -0.2) is 0 Å². The normalized spacial score (nSPS) is 15.4. The molecule has 3 rings (SSSR count). The van der Waals surface area contributed by atoms with Crippen molar-refractivity contribution in [1.82, 2.24) is 5.32 Å². The number of carbonyl (C=O) groups is 1. The third-order valence-corrected chi connectivity index (χ3v) is 4.21. The fraction of sp³-hybridized carbons (Fsp3) is 0.278. The zero-order chi connectivity index (χ0) is 18.7. The first-order valence-corrected chi connectivity index (χ1v) is 7.98. The number of nitrogens with zero attached hydrogens (tertiary/aromatic N) is 1. The van der Waals surface area contributed by atoms with Crippen LogP contribution < -0.4 is 19.5 Å². The van der Waals surface area contributed by atoms with Crippen LogP contribution >= 0.6 is 0 Å². The van der Waals surface area contributed by atoms with Gasteiger partial charge in [0.25, 0.3) is 11.6 Å². The second kappa shape index (κ2) is 7.30. The third kappa shape index (κ3) is 3.26. The molecule has 0 aliphatic carbocycles. The molecule has 1 heterocycles. The number of rotatable bonds is 5. The highest BCUT2D eigenvalue weighted by atomic mass is 16.6. The van der Waals surface area contributed by atoms with Crippen LogP contribution in [0.25, 0.3) is 0 Å².